The van der Waals surface area contributed by atoms with Gasteiger partial charge in [0, 0.05) is 23.3 Å². The standard InChI is InChI=1S/C15H13NO5/c1-20-15-7-2-11(9-17)8-12(15)10-21-14-5-3-13(4-6-14)16(18)19/h2-9H,10H2,1H3. The molecule has 0 N–H and O–H groups in total. The number of benzene rings is 2. The first-order valence-electron chi connectivity index (χ1n) is 6.13. The number of carbonyl (C=O) groups is 1. The number of aldehydes is 1. The predicted molar refractivity (Wildman–Crippen MR) is 75.8 cm³/mol. The van der Waals surface area contributed by atoms with Crippen LogP contribution in [0.4, 0.5) is 5.69 Å². The zero-order valence-electron chi connectivity index (χ0n) is 11.3. The van der Waals surface area contributed by atoms with Gasteiger partial charge in [-0.2, -0.15) is 0 Å². The Balaban J connectivity index is 2.11. The van der Waals surface area contributed by atoms with Crippen LogP contribution in [0.1, 0.15) is 15.9 Å². The van der Waals surface area contributed by atoms with Crippen LogP contribution < -0.4 is 9.47 Å². The number of ether oxygens (including phenoxy) is 2. The van der Waals surface area contributed by atoms with Crippen molar-refractivity contribution in [3.05, 3.63) is 63.7 Å². The molecule has 6 nitrogen and oxygen atoms in total. The average molecular weight is 287 g/mol. The minimum atomic E-state index is -0.472. The van der Waals surface area contributed by atoms with E-state index in [0.29, 0.717) is 17.1 Å². The maximum atomic E-state index is 10.8. The monoisotopic (exact) mass is 287 g/mol. The maximum absolute atomic E-state index is 10.8. The second-order valence-electron chi connectivity index (χ2n) is 4.23. The Labute approximate surface area is 121 Å². The highest BCUT2D eigenvalue weighted by molar-refractivity contribution is 5.75. The number of nitro benzene ring substituents is 1. The first-order chi connectivity index (χ1) is 10.1. The SMILES string of the molecule is COc1ccc(C=O)cc1COc1ccc([N+](=O)[O-])cc1. The second-order valence-corrected chi connectivity index (χ2v) is 4.23. The molecule has 0 aliphatic carbocycles. The van der Waals surface area contributed by atoms with Crippen molar-refractivity contribution >= 4 is 12.0 Å². The van der Waals surface area contributed by atoms with E-state index >= 15 is 0 Å². The van der Waals surface area contributed by atoms with Crippen LogP contribution in [0.15, 0.2) is 42.5 Å². The molecule has 0 fully saturated rings. The van der Waals surface area contributed by atoms with Gasteiger partial charge in [0.2, 0.25) is 0 Å². The molecular weight excluding hydrogens is 274 g/mol. The molecule has 0 aliphatic heterocycles. The van der Waals surface area contributed by atoms with Crippen LogP contribution >= 0.6 is 0 Å². The van der Waals surface area contributed by atoms with Crippen molar-refractivity contribution < 1.29 is 19.2 Å². The molecule has 0 unspecified atom stereocenters. The minimum Gasteiger partial charge on any atom is -0.496 e. The van der Waals surface area contributed by atoms with Crippen molar-refractivity contribution in [2.75, 3.05) is 7.11 Å². The summed E-state index contributed by atoms with van der Waals surface area (Å²) in [6.07, 6.45) is 0.745. The summed E-state index contributed by atoms with van der Waals surface area (Å²) in [7, 11) is 1.53. The van der Waals surface area contributed by atoms with Gasteiger partial charge in [-0.05, 0) is 30.3 Å². The highest BCUT2D eigenvalue weighted by Gasteiger charge is 2.07. The Morgan fingerprint density at radius 2 is 1.90 bits per heavy atom. The van der Waals surface area contributed by atoms with Crippen molar-refractivity contribution in [2.24, 2.45) is 0 Å². The number of hydrogen-bond donors (Lipinski definition) is 0. The number of hydrogen-bond acceptors (Lipinski definition) is 5. The molecule has 0 aliphatic rings. The third-order valence-electron chi connectivity index (χ3n) is 2.88. The highest BCUT2D eigenvalue weighted by atomic mass is 16.6. The van der Waals surface area contributed by atoms with E-state index < -0.39 is 4.92 Å². The third-order valence-corrected chi connectivity index (χ3v) is 2.88. The molecule has 0 heterocycles. The molecule has 0 saturated heterocycles. The van der Waals surface area contributed by atoms with E-state index in [1.54, 1.807) is 18.2 Å². The normalized spacial score (nSPS) is 9.95. The summed E-state index contributed by atoms with van der Waals surface area (Å²) < 4.78 is 10.7. The quantitative estimate of drug-likeness (QED) is 0.463. The van der Waals surface area contributed by atoms with Gasteiger partial charge in [-0.15, -0.1) is 0 Å². The second kappa shape index (κ2) is 6.51. The summed E-state index contributed by atoms with van der Waals surface area (Å²) in [4.78, 5) is 20.9. The molecule has 21 heavy (non-hydrogen) atoms. The summed E-state index contributed by atoms with van der Waals surface area (Å²) in [5, 5.41) is 10.6. The summed E-state index contributed by atoms with van der Waals surface area (Å²) in [5.41, 5.74) is 1.25. The van der Waals surface area contributed by atoms with Crippen LogP contribution in [0.2, 0.25) is 0 Å². The number of carbonyl (C=O) groups excluding carboxylic acids is 1. The zero-order valence-corrected chi connectivity index (χ0v) is 11.3. The van der Waals surface area contributed by atoms with Crippen LogP contribution in [0.25, 0.3) is 0 Å². The Hall–Kier alpha value is -2.89. The van der Waals surface area contributed by atoms with Crippen LogP contribution in [0.3, 0.4) is 0 Å². The molecule has 0 amide bonds. The van der Waals surface area contributed by atoms with Crippen molar-refractivity contribution in [1.82, 2.24) is 0 Å². The van der Waals surface area contributed by atoms with Gasteiger partial charge in [0.1, 0.15) is 24.4 Å². The van der Waals surface area contributed by atoms with E-state index in [-0.39, 0.29) is 12.3 Å². The fourth-order valence-electron chi connectivity index (χ4n) is 1.81. The minimum absolute atomic E-state index is 0.00267. The lowest BCUT2D eigenvalue weighted by atomic mass is 10.1. The van der Waals surface area contributed by atoms with Crippen LogP contribution in [0.5, 0.6) is 11.5 Å². The topological polar surface area (TPSA) is 78.7 Å². The Kier molecular flexibility index (Phi) is 4.50. The molecule has 2 rings (SSSR count). The molecule has 0 radical (unpaired) electrons. The van der Waals surface area contributed by atoms with Gasteiger partial charge in [-0.3, -0.25) is 14.9 Å². The molecule has 0 spiro atoms. The van der Waals surface area contributed by atoms with Gasteiger partial charge in [0.25, 0.3) is 5.69 Å². The van der Waals surface area contributed by atoms with Gasteiger partial charge in [-0.1, -0.05) is 0 Å². The first-order valence-corrected chi connectivity index (χ1v) is 6.13. The summed E-state index contributed by atoms with van der Waals surface area (Å²) in [6, 6.07) is 10.8. The van der Waals surface area contributed by atoms with Gasteiger partial charge < -0.3 is 9.47 Å². The number of methoxy groups -OCH3 is 1. The van der Waals surface area contributed by atoms with E-state index in [9.17, 15) is 14.9 Å². The van der Waals surface area contributed by atoms with E-state index in [1.807, 2.05) is 0 Å². The zero-order chi connectivity index (χ0) is 15.2. The molecule has 0 atom stereocenters. The fourth-order valence-corrected chi connectivity index (χ4v) is 1.81. The Morgan fingerprint density at radius 3 is 2.48 bits per heavy atom. The van der Waals surface area contributed by atoms with Gasteiger partial charge in [0.15, 0.2) is 0 Å². The van der Waals surface area contributed by atoms with Gasteiger partial charge in [-0.25, -0.2) is 0 Å². The Morgan fingerprint density at radius 1 is 1.19 bits per heavy atom. The maximum Gasteiger partial charge on any atom is 0.269 e. The van der Waals surface area contributed by atoms with Crippen molar-refractivity contribution in [2.45, 2.75) is 6.61 Å². The fraction of sp³-hybridized carbons (Fsp3) is 0.133. The number of non-ortho nitro benzene ring substituents is 1. The largest absolute Gasteiger partial charge is 0.496 e. The predicted octanol–water partition coefficient (Wildman–Crippen LogP) is 2.99. The molecule has 0 saturated carbocycles. The number of nitro groups is 1. The van der Waals surface area contributed by atoms with Crippen molar-refractivity contribution in [3.8, 4) is 11.5 Å². The molecule has 2 aromatic carbocycles. The van der Waals surface area contributed by atoms with Crippen LogP contribution in [0, 0.1) is 10.1 Å². The van der Waals surface area contributed by atoms with Crippen LogP contribution in [-0.2, 0) is 6.61 Å². The molecule has 0 bridgehead atoms. The van der Waals surface area contributed by atoms with E-state index in [2.05, 4.69) is 0 Å². The van der Waals surface area contributed by atoms with E-state index in [0.717, 1.165) is 11.8 Å². The third kappa shape index (κ3) is 3.56. The Bertz CT molecular complexity index is 652. The summed E-state index contributed by atoms with van der Waals surface area (Å²) in [6.45, 7) is 0.197. The van der Waals surface area contributed by atoms with Crippen LogP contribution in [-0.4, -0.2) is 18.3 Å². The molecule has 0 aromatic heterocycles. The molecule has 108 valence electrons. The lowest BCUT2D eigenvalue weighted by Crippen LogP contribution is -2.00. The molecular formula is C15H13NO5. The lowest BCUT2D eigenvalue weighted by Gasteiger charge is -2.10. The van der Waals surface area contributed by atoms with Crippen molar-refractivity contribution in [1.29, 1.82) is 0 Å². The van der Waals surface area contributed by atoms with E-state index in [1.165, 1.54) is 31.4 Å². The van der Waals surface area contributed by atoms with Gasteiger partial charge in [0.05, 0.1) is 12.0 Å². The lowest BCUT2D eigenvalue weighted by molar-refractivity contribution is -0.384. The summed E-state index contributed by atoms with van der Waals surface area (Å²) in [5.74, 6) is 1.11. The number of nitrogens with zero attached hydrogens (tertiary/aromatic N) is 1. The highest BCUT2D eigenvalue weighted by Crippen LogP contribution is 2.23. The first kappa shape index (κ1) is 14.5. The summed E-state index contributed by atoms with van der Waals surface area (Å²) >= 11 is 0. The smallest absolute Gasteiger partial charge is 0.269 e. The molecule has 6 heteroatoms. The molecule has 2 aromatic rings. The average Bonchev–Trinajstić information content (AvgIpc) is 2.52. The van der Waals surface area contributed by atoms with E-state index in [4.69, 9.17) is 9.47 Å². The van der Waals surface area contributed by atoms with Gasteiger partial charge >= 0.3 is 0 Å². The number of rotatable bonds is 6. The van der Waals surface area contributed by atoms with Crippen molar-refractivity contribution in [3.63, 3.8) is 0 Å².